The van der Waals surface area contributed by atoms with Crippen LogP contribution in [-0.4, -0.2) is 34.8 Å². The number of amides is 2. The van der Waals surface area contributed by atoms with Gasteiger partial charge in [-0.25, -0.2) is 0 Å². The highest BCUT2D eigenvalue weighted by molar-refractivity contribution is 5.93. The molecule has 1 saturated carbocycles. The summed E-state index contributed by atoms with van der Waals surface area (Å²) in [6.07, 6.45) is 5.03. The fourth-order valence-electron chi connectivity index (χ4n) is 2.71. The third-order valence-corrected chi connectivity index (χ3v) is 3.59. The quantitative estimate of drug-likeness (QED) is 0.724. The third-order valence-electron chi connectivity index (χ3n) is 3.59. The molecule has 0 atom stereocenters. The van der Waals surface area contributed by atoms with E-state index >= 15 is 0 Å². The summed E-state index contributed by atoms with van der Waals surface area (Å²) in [5, 5.41) is 2.79. The molecule has 1 aliphatic heterocycles. The Balaban J connectivity index is 2.17. The van der Waals surface area contributed by atoms with Gasteiger partial charge in [0.2, 0.25) is 11.8 Å². The summed E-state index contributed by atoms with van der Waals surface area (Å²) in [5.41, 5.74) is -0.740. The molecule has 1 saturated heterocycles. The number of carbonyl (C=O) groups excluding carboxylic acids is 2. The van der Waals surface area contributed by atoms with Gasteiger partial charge < -0.3 is 10.2 Å². The summed E-state index contributed by atoms with van der Waals surface area (Å²) in [6.45, 7) is 4.17. The molecule has 4 nitrogen and oxygen atoms in total. The Bertz CT molecular complexity index is 306. The van der Waals surface area contributed by atoms with Gasteiger partial charge in [0.05, 0.1) is 0 Å². The molecule has 1 heterocycles. The molecule has 0 aromatic carbocycles. The van der Waals surface area contributed by atoms with Crippen LogP contribution in [0.25, 0.3) is 0 Å². The maximum absolute atomic E-state index is 12.3. The predicted octanol–water partition coefficient (Wildman–Crippen LogP) is 1.06. The molecule has 2 rings (SSSR count). The van der Waals surface area contributed by atoms with Crippen LogP contribution in [0.3, 0.4) is 0 Å². The van der Waals surface area contributed by atoms with E-state index in [1.54, 1.807) is 13.8 Å². The molecule has 0 aromatic rings. The van der Waals surface area contributed by atoms with E-state index in [1.165, 1.54) is 12.8 Å². The van der Waals surface area contributed by atoms with E-state index in [4.69, 9.17) is 0 Å². The van der Waals surface area contributed by atoms with Gasteiger partial charge >= 0.3 is 0 Å². The molecule has 0 radical (unpaired) electrons. The Morgan fingerprint density at radius 3 is 2.50 bits per heavy atom. The Kier molecular flexibility index (Phi) is 2.91. The summed E-state index contributed by atoms with van der Waals surface area (Å²) in [6, 6.07) is 0.361. The third kappa shape index (κ3) is 2.06. The van der Waals surface area contributed by atoms with Crippen LogP contribution in [0.15, 0.2) is 0 Å². The predicted molar refractivity (Wildman–Crippen MR) is 60.8 cm³/mol. The van der Waals surface area contributed by atoms with E-state index in [9.17, 15) is 9.59 Å². The Morgan fingerprint density at radius 1 is 1.25 bits per heavy atom. The van der Waals surface area contributed by atoms with Crippen LogP contribution in [0, 0.1) is 0 Å². The standard InChI is InChI=1S/C12H20N2O2/c1-12(2)11(16)14(8-7-10(15)13-12)9-5-3-4-6-9/h9H,3-8H2,1-2H3,(H,13,15). The van der Waals surface area contributed by atoms with Crippen molar-refractivity contribution in [3.63, 3.8) is 0 Å². The molecule has 0 spiro atoms. The number of nitrogens with one attached hydrogen (secondary N) is 1. The van der Waals surface area contributed by atoms with Gasteiger partial charge in [-0.05, 0) is 26.7 Å². The average Bonchev–Trinajstić information content (AvgIpc) is 2.67. The zero-order valence-corrected chi connectivity index (χ0v) is 10.1. The minimum absolute atomic E-state index is 0.0150. The Labute approximate surface area is 96.4 Å². The van der Waals surface area contributed by atoms with Crippen LogP contribution in [0.4, 0.5) is 0 Å². The lowest BCUT2D eigenvalue weighted by atomic mass is 10.0. The van der Waals surface area contributed by atoms with Gasteiger partial charge in [0, 0.05) is 19.0 Å². The fourth-order valence-corrected chi connectivity index (χ4v) is 2.71. The minimum Gasteiger partial charge on any atom is -0.342 e. The van der Waals surface area contributed by atoms with Crippen LogP contribution in [0.2, 0.25) is 0 Å². The van der Waals surface area contributed by atoms with Gasteiger partial charge in [0.15, 0.2) is 0 Å². The van der Waals surface area contributed by atoms with Crippen LogP contribution in [-0.2, 0) is 9.59 Å². The normalized spacial score (nSPS) is 26.8. The summed E-state index contributed by atoms with van der Waals surface area (Å²) in [7, 11) is 0. The smallest absolute Gasteiger partial charge is 0.248 e. The van der Waals surface area contributed by atoms with E-state index in [0.717, 1.165) is 12.8 Å². The first-order valence-corrected chi connectivity index (χ1v) is 6.13. The van der Waals surface area contributed by atoms with E-state index in [2.05, 4.69) is 5.32 Å². The largest absolute Gasteiger partial charge is 0.342 e. The zero-order chi connectivity index (χ0) is 11.8. The summed E-state index contributed by atoms with van der Waals surface area (Å²) >= 11 is 0. The van der Waals surface area contributed by atoms with Crippen molar-refractivity contribution in [3.05, 3.63) is 0 Å². The first kappa shape index (κ1) is 11.4. The van der Waals surface area contributed by atoms with Crippen molar-refractivity contribution in [1.29, 1.82) is 0 Å². The molecule has 0 unspecified atom stereocenters. The SMILES string of the molecule is CC1(C)NC(=O)CCN(C2CCCC2)C1=O. The Hall–Kier alpha value is -1.06. The number of rotatable bonds is 1. The van der Waals surface area contributed by atoms with Crippen LogP contribution >= 0.6 is 0 Å². The molecule has 2 fully saturated rings. The maximum atomic E-state index is 12.3. The van der Waals surface area contributed by atoms with Crippen molar-refractivity contribution in [2.24, 2.45) is 0 Å². The van der Waals surface area contributed by atoms with Crippen molar-refractivity contribution < 1.29 is 9.59 Å². The second-order valence-corrected chi connectivity index (χ2v) is 5.36. The van der Waals surface area contributed by atoms with Crippen LogP contribution in [0.5, 0.6) is 0 Å². The van der Waals surface area contributed by atoms with Gasteiger partial charge in [-0.1, -0.05) is 12.8 Å². The van der Waals surface area contributed by atoms with E-state index in [0.29, 0.717) is 19.0 Å². The van der Waals surface area contributed by atoms with E-state index in [1.807, 2.05) is 4.90 Å². The van der Waals surface area contributed by atoms with Crippen LogP contribution in [0.1, 0.15) is 46.0 Å². The topological polar surface area (TPSA) is 49.4 Å². The van der Waals surface area contributed by atoms with Gasteiger partial charge in [-0.2, -0.15) is 0 Å². The lowest BCUT2D eigenvalue weighted by Crippen LogP contribution is -2.54. The number of hydrogen-bond donors (Lipinski definition) is 1. The molecule has 0 bridgehead atoms. The molecular formula is C12H20N2O2. The molecule has 4 heteroatoms. The molecule has 1 N–H and O–H groups in total. The monoisotopic (exact) mass is 224 g/mol. The van der Waals surface area contributed by atoms with Crippen molar-refractivity contribution in [1.82, 2.24) is 10.2 Å². The summed E-state index contributed by atoms with van der Waals surface area (Å²) in [4.78, 5) is 25.7. The first-order valence-electron chi connectivity index (χ1n) is 6.13. The van der Waals surface area contributed by atoms with Gasteiger partial charge in [0.25, 0.3) is 0 Å². The van der Waals surface area contributed by atoms with Crippen molar-refractivity contribution in [2.45, 2.75) is 57.5 Å². The summed E-state index contributed by atoms with van der Waals surface area (Å²) < 4.78 is 0. The average molecular weight is 224 g/mol. The molecule has 0 aromatic heterocycles. The lowest BCUT2D eigenvalue weighted by Gasteiger charge is -2.33. The molecule has 16 heavy (non-hydrogen) atoms. The lowest BCUT2D eigenvalue weighted by molar-refractivity contribution is -0.139. The van der Waals surface area contributed by atoms with Gasteiger partial charge in [-0.15, -0.1) is 0 Å². The fraction of sp³-hybridized carbons (Fsp3) is 0.833. The second kappa shape index (κ2) is 4.07. The first-order chi connectivity index (χ1) is 7.50. The minimum atomic E-state index is -0.740. The Morgan fingerprint density at radius 2 is 1.88 bits per heavy atom. The van der Waals surface area contributed by atoms with Crippen molar-refractivity contribution in [2.75, 3.05) is 6.54 Å². The second-order valence-electron chi connectivity index (χ2n) is 5.36. The highest BCUT2D eigenvalue weighted by Gasteiger charge is 2.39. The number of carbonyl (C=O) groups is 2. The summed E-state index contributed by atoms with van der Waals surface area (Å²) in [5.74, 6) is 0.0593. The molecular weight excluding hydrogens is 204 g/mol. The molecule has 90 valence electrons. The maximum Gasteiger partial charge on any atom is 0.248 e. The molecule has 2 aliphatic rings. The zero-order valence-electron chi connectivity index (χ0n) is 10.1. The highest BCUT2D eigenvalue weighted by Crippen LogP contribution is 2.26. The van der Waals surface area contributed by atoms with Crippen LogP contribution < -0.4 is 5.32 Å². The number of nitrogens with zero attached hydrogens (tertiary/aromatic N) is 1. The molecule has 1 aliphatic carbocycles. The number of hydrogen-bond acceptors (Lipinski definition) is 2. The van der Waals surface area contributed by atoms with Gasteiger partial charge in [-0.3, -0.25) is 9.59 Å². The van der Waals surface area contributed by atoms with Gasteiger partial charge in [0.1, 0.15) is 5.54 Å². The van der Waals surface area contributed by atoms with E-state index < -0.39 is 5.54 Å². The molecule has 2 amide bonds. The van der Waals surface area contributed by atoms with Crippen molar-refractivity contribution in [3.8, 4) is 0 Å². The van der Waals surface area contributed by atoms with Crippen molar-refractivity contribution >= 4 is 11.8 Å². The highest BCUT2D eigenvalue weighted by atomic mass is 16.2. The van der Waals surface area contributed by atoms with E-state index in [-0.39, 0.29) is 11.8 Å².